The van der Waals surface area contributed by atoms with Gasteiger partial charge in [-0.2, -0.15) is 0 Å². The number of hydrogen-bond acceptors (Lipinski definition) is 2. The maximum Gasteiger partial charge on any atom is 0.142 e. The van der Waals surface area contributed by atoms with Gasteiger partial charge in [0.05, 0.1) is 5.71 Å². The van der Waals surface area contributed by atoms with Crippen LogP contribution in [0.25, 0.3) is 0 Å². The molecule has 12 heavy (non-hydrogen) atoms. The Bertz CT molecular complexity index is 250. The van der Waals surface area contributed by atoms with Crippen molar-refractivity contribution in [3.63, 3.8) is 0 Å². The van der Waals surface area contributed by atoms with Crippen LogP contribution >= 0.6 is 0 Å². The van der Waals surface area contributed by atoms with Gasteiger partial charge >= 0.3 is 0 Å². The summed E-state index contributed by atoms with van der Waals surface area (Å²) in [7, 11) is 0. The van der Waals surface area contributed by atoms with Crippen molar-refractivity contribution in [2.24, 2.45) is 5.16 Å². The zero-order valence-electron chi connectivity index (χ0n) is 7.45. The molecule has 0 saturated heterocycles. The van der Waals surface area contributed by atoms with Crippen LogP contribution in [-0.2, 0) is 11.4 Å². The van der Waals surface area contributed by atoms with Gasteiger partial charge in [-0.25, -0.2) is 0 Å². The van der Waals surface area contributed by atoms with E-state index >= 15 is 0 Å². The number of nitrogens with zero attached hydrogens (tertiary/aromatic N) is 1. The summed E-state index contributed by atoms with van der Waals surface area (Å²) in [4.78, 5) is 5.07. The van der Waals surface area contributed by atoms with Gasteiger partial charge in [-0.15, -0.1) is 0 Å². The molecule has 0 atom stereocenters. The molecular weight excluding hydrogens is 150 g/mol. The van der Waals surface area contributed by atoms with E-state index in [0.717, 1.165) is 11.3 Å². The first-order valence-corrected chi connectivity index (χ1v) is 3.96. The molecule has 0 heterocycles. The second-order valence-corrected chi connectivity index (χ2v) is 2.80. The van der Waals surface area contributed by atoms with E-state index in [2.05, 4.69) is 5.16 Å². The first kappa shape index (κ1) is 8.78. The fourth-order valence-corrected chi connectivity index (χ4v) is 0.810. The van der Waals surface area contributed by atoms with E-state index < -0.39 is 0 Å². The van der Waals surface area contributed by atoms with Crippen LogP contribution in [0.3, 0.4) is 0 Å². The van der Waals surface area contributed by atoms with Crippen molar-refractivity contribution in [2.75, 3.05) is 0 Å². The predicted molar refractivity (Wildman–Crippen MR) is 50.0 cm³/mol. The van der Waals surface area contributed by atoms with Gasteiger partial charge in [0.15, 0.2) is 0 Å². The Morgan fingerprint density at radius 3 is 2.50 bits per heavy atom. The summed E-state index contributed by atoms with van der Waals surface area (Å²) in [6.07, 6.45) is 0. The summed E-state index contributed by atoms with van der Waals surface area (Å²) in [6, 6.07) is 9.99. The zero-order valence-corrected chi connectivity index (χ0v) is 7.45. The third-order valence-corrected chi connectivity index (χ3v) is 1.32. The summed E-state index contributed by atoms with van der Waals surface area (Å²) >= 11 is 0. The van der Waals surface area contributed by atoms with Crippen LogP contribution in [0.2, 0.25) is 0 Å². The molecule has 0 spiro atoms. The molecule has 0 aliphatic rings. The molecule has 0 fully saturated rings. The summed E-state index contributed by atoms with van der Waals surface area (Å²) in [5.74, 6) is 0. The first-order valence-electron chi connectivity index (χ1n) is 3.96. The van der Waals surface area contributed by atoms with Crippen LogP contribution in [0, 0.1) is 0 Å². The maximum absolute atomic E-state index is 5.07. The first-order chi connectivity index (χ1) is 5.79. The Balaban J connectivity index is 2.39. The minimum atomic E-state index is 0.548. The molecule has 1 aromatic carbocycles. The van der Waals surface area contributed by atoms with Gasteiger partial charge in [0.25, 0.3) is 0 Å². The lowest BCUT2D eigenvalue weighted by Crippen LogP contribution is -1.88. The number of oxime groups is 1. The highest BCUT2D eigenvalue weighted by molar-refractivity contribution is 5.78. The lowest BCUT2D eigenvalue weighted by molar-refractivity contribution is 0.130. The fraction of sp³-hybridized carbons (Fsp3) is 0.300. The van der Waals surface area contributed by atoms with E-state index in [4.69, 9.17) is 4.84 Å². The van der Waals surface area contributed by atoms with Gasteiger partial charge in [-0.1, -0.05) is 35.5 Å². The molecule has 1 aromatic rings. The van der Waals surface area contributed by atoms with Crippen LogP contribution in [0.15, 0.2) is 35.5 Å². The van der Waals surface area contributed by atoms with Crippen LogP contribution < -0.4 is 0 Å². The van der Waals surface area contributed by atoms with Crippen molar-refractivity contribution < 1.29 is 4.84 Å². The molecule has 0 unspecified atom stereocenters. The highest BCUT2D eigenvalue weighted by Gasteiger charge is 1.88. The van der Waals surface area contributed by atoms with E-state index in [0.29, 0.717) is 6.61 Å². The van der Waals surface area contributed by atoms with Crippen LogP contribution in [0.1, 0.15) is 19.4 Å². The lowest BCUT2D eigenvalue weighted by atomic mass is 10.2. The molecule has 0 bridgehead atoms. The average molecular weight is 163 g/mol. The van der Waals surface area contributed by atoms with Gasteiger partial charge in [-0.05, 0) is 19.4 Å². The van der Waals surface area contributed by atoms with Crippen molar-refractivity contribution in [1.29, 1.82) is 0 Å². The minimum Gasteiger partial charge on any atom is -0.391 e. The highest BCUT2D eigenvalue weighted by Crippen LogP contribution is 2.00. The quantitative estimate of drug-likeness (QED) is 0.495. The molecule has 64 valence electrons. The summed E-state index contributed by atoms with van der Waals surface area (Å²) < 4.78 is 0. The molecule has 1 rings (SSSR count). The Kier molecular flexibility index (Phi) is 3.33. The van der Waals surface area contributed by atoms with Crippen molar-refractivity contribution >= 4 is 5.71 Å². The molecule has 0 N–H and O–H groups in total. The second-order valence-electron chi connectivity index (χ2n) is 2.80. The second kappa shape index (κ2) is 4.54. The van der Waals surface area contributed by atoms with Crippen molar-refractivity contribution in [2.45, 2.75) is 20.5 Å². The van der Waals surface area contributed by atoms with Crippen LogP contribution in [-0.4, -0.2) is 5.71 Å². The average Bonchev–Trinajstić information content (AvgIpc) is 2.05. The van der Waals surface area contributed by atoms with E-state index in [1.807, 2.05) is 44.2 Å². The zero-order chi connectivity index (χ0) is 8.81. The largest absolute Gasteiger partial charge is 0.391 e. The van der Waals surface area contributed by atoms with Gasteiger partial charge < -0.3 is 4.84 Å². The van der Waals surface area contributed by atoms with E-state index in [9.17, 15) is 0 Å². The Morgan fingerprint density at radius 1 is 1.25 bits per heavy atom. The smallest absolute Gasteiger partial charge is 0.142 e. The normalized spacial score (nSPS) is 9.17. The molecule has 0 aliphatic carbocycles. The summed E-state index contributed by atoms with van der Waals surface area (Å²) in [5.41, 5.74) is 2.08. The third-order valence-electron chi connectivity index (χ3n) is 1.32. The van der Waals surface area contributed by atoms with Gasteiger partial charge in [0, 0.05) is 0 Å². The summed E-state index contributed by atoms with van der Waals surface area (Å²) in [6.45, 7) is 4.36. The maximum atomic E-state index is 5.07. The van der Waals surface area contributed by atoms with E-state index in [1.165, 1.54) is 0 Å². The topological polar surface area (TPSA) is 21.6 Å². The van der Waals surface area contributed by atoms with E-state index in [-0.39, 0.29) is 0 Å². The molecule has 0 aliphatic heterocycles. The predicted octanol–water partition coefficient (Wildman–Crippen LogP) is 2.60. The van der Waals surface area contributed by atoms with E-state index in [1.54, 1.807) is 0 Å². The molecule has 0 amide bonds. The molecule has 0 aromatic heterocycles. The van der Waals surface area contributed by atoms with Gasteiger partial charge in [-0.3, -0.25) is 0 Å². The standard InChI is InChI=1S/C10H13NO/c1-9(2)11-12-8-10-6-4-3-5-7-10/h3-7H,8H2,1-2H3. The summed E-state index contributed by atoms with van der Waals surface area (Å²) in [5, 5.41) is 3.84. The molecule has 0 radical (unpaired) electrons. The van der Waals surface area contributed by atoms with Crippen molar-refractivity contribution in [3.8, 4) is 0 Å². The Morgan fingerprint density at radius 2 is 1.92 bits per heavy atom. The number of rotatable bonds is 3. The third kappa shape index (κ3) is 3.19. The molecule has 2 heteroatoms. The molecule has 2 nitrogen and oxygen atoms in total. The Labute approximate surface area is 72.9 Å². The minimum absolute atomic E-state index is 0.548. The lowest BCUT2D eigenvalue weighted by Gasteiger charge is -1.98. The van der Waals surface area contributed by atoms with Crippen molar-refractivity contribution in [3.05, 3.63) is 35.9 Å². The number of hydrogen-bond donors (Lipinski definition) is 0. The highest BCUT2D eigenvalue weighted by atomic mass is 16.6. The van der Waals surface area contributed by atoms with Crippen molar-refractivity contribution in [1.82, 2.24) is 0 Å². The SMILES string of the molecule is CC(C)=NOCc1ccccc1. The molecular formula is C10H13NO. The van der Waals surface area contributed by atoms with Crippen LogP contribution in [0.5, 0.6) is 0 Å². The number of benzene rings is 1. The Hall–Kier alpha value is -1.31. The molecule has 0 saturated carbocycles. The van der Waals surface area contributed by atoms with Crippen LogP contribution in [0.4, 0.5) is 0 Å². The van der Waals surface area contributed by atoms with Gasteiger partial charge in [0.2, 0.25) is 0 Å². The fourth-order valence-electron chi connectivity index (χ4n) is 0.810. The monoisotopic (exact) mass is 163 g/mol. The van der Waals surface area contributed by atoms with Gasteiger partial charge in [0.1, 0.15) is 6.61 Å².